The number of benzene rings is 1. The standard InChI is InChI=1S/C13H15NO4/c1-17-8-3-5-11(18-2)10(7-8)9-4-6-12(15)14-13(9)16/h3,5,7,9H,4,6H2,1-2H3,(H,14,15,16). The topological polar surface area (TPSA) is 64.6 Å². The lowest BCUT2D eigenvalue weighted by atomic mass is 9.89. The van der Waals surface area contributed by atoms with E-state index >= 15 is 0 Å². The van der Waals surface area contributed by atoms with Gasteiger partial charge in [-0.2, -0.15) is 0 Å². The van der Waals surface area contributed by atoms with E-state index in [9.17, 15) is 9.59 Å². The molecule has 0 saturated carbocycles. The van der Waals surface area contributed by atoms with Crippen LogP contribution in [-0.2, 0) is 9.59 Å². The molecule has 5 heteroatoms. The Hall–Kier alpha value is -2.04. The van der Waals surface area contributed by atoms with Crippen molar-refractivity contribution >= 4 is 11.8 Å². The Morgan fingerprint density at radius 1 is 1.22 bits per heavy atom. The van der Waals surface area contributed by atoms with Crippen molar-refractivity contribution in [3.63, 3.8) is 0 Å². The van der Waals surface area contributed by atoms with Crippen molar-refractivity contribution in [2.75, 3.05) is 14.2 Å². The molecule has 1 heterocycles. The molecule has 1 aromatic rings. The molecule has 18 heavy (non-hydrogen) atoms. The minimum atomic E-state index is -0.368. The second-order valence-corrected chi connectivity index (χ2v) is 4.11. The molecule has 1 aromatic carbocycles. The molecule has 1 N–H and O–H groups in total. The van der Waals surface area contributed by atoms with Crippen molar-refractivity contribution < 1.29 is 19.1 Å². The zero-order chi connectivity index (χ0) is 13.1. The molecule has 1 unspecified atom stereocenters. The SMILES string of the molecule is COc1ccc(OC)c(C2CCC(=O)NC2=O)c1. The van der Waals surface area contributed by atoms with Gasteiger partial charge in [0.2, 0.25) is 11.8 Å². The van der Waals surface area contributed by atoms with Gasteiger partial charge in [-0.15, -0.1) is 0 Å². The van der Waals surface area contributed by atoms with Crippen molar-refractivity contribution in [1.82, 2.24) is 5.32 Å². The summed E-state index contributed by atoms with van der Waals surface area (Å²) in [5, 5.41) is 2.34. The molecule has 0 bridgehead atoms. The lowest BCUT2D eigenvalue weighted by Gasteiger charge is -2.23. The molecule has 96 valence electrons. The molecule has 0 aliphatic carbocycles. The summed E-state index contributed by atoms with van der Waals surface area (Å²) in [6.45, 7) is 0. The summed E-state index contributed by atoms with van der Waals surface area (Å²) in [4.78, 5) is 23.0. The zero-order valence-corrected chi connectivity index (χ0v) is 10.4. The maximum absolute atomic E-state index is 11.8. The fourth-order valence-electron chi connectivity index (χ4n) is 2.10. The zero-order valence-electron chi connectivity index (χ0n) is 10.4. The molecule has 2 rings (SSSR count). The molecule has 5 nitrogen and oxygen atoms in total. The number of amides is 2. The normalized spacial score (nSPS) is 19.3. The van der Waals surface area contributed by atoms with Crippen molar-refractivity contribution in [3.05, 3.63) is 23.8 Å². The van der Waals surface area contributed by atoms with E-state index in [-0.39, 0.29) is 17.7 Å². The van der Waals surface area contributed by atoms with E-state index in [4.69, 9.17) is 9.47 Å². The molecule has 1 atom stereocenters. The fourth-order valence-corrected chi connectivity index (χ4v) is 2.10. The first-order valence-electron chi connectivity index (χ1n) is 5.71. The first-order chi connectivity index (χ1) is 8.65. The Labute approximate surface area is 105 Å². The molecule has 1 aliphatic heterocycles. The monoisotopic (exact) mass is 249 g/mol. The maximum Gasteiger partial charge on any atom is 0.234 e. The Kier molecular flexibility index (Phi) is 3.50. The van der Waals surface area contributed by atoms with E-state index in [1.165, 1.54) is 0 Å². The Balaban J connectivity index is 2.36. The first kappa shape index (κ1) is 12.4. The van der Waals surface area contributed by atoms with Gasteiger partial charge in [-0.05, 0) is 24.6 Å². The minimum Gasteiger partial charge on any atom is -0.497 e. The molecule has 1 fully saturated rings. The number of piperidine rings is 1. The molecular formula is C13H15NO4. The summed E-state index contributed by atoms with van der Waals surface area (Å²) in [6, 6.07) is 5.31. The third-order valence-electron chi connectivity index (χ3n) is 3.05. The summed E-state index contributed by atoms with van der Waals surface area (Å²) in [6.07, 6.45) is 0.838. The number of imide groups is 1. The summed E-state index contributed by atoms with van der Waals surface area (Å²) >= 11 is 0. The van der Waals surface area contributed by atoms with E-state index in [2.05, 4.69) is 5.32 Å². The number of rotatable bonds is 3. The average molecular weight is 249 g/mol. The Morgan fingerprint density at radius 3 is 2.61 bits per heavy atom. The molecule has 2 amide bonds. The molecule has 1 aliphatic rings. The van der Waals surface area contributed by atoms with Gasteiger partial charge >= 0.3 is 0 Å². The smallest absolute Gasteiger partial charge is 0.234 e. The number of methoxy groups -OCH3 is 2. The van der Waals surface area contributed by atoms with Crippen LogP contribution in [0, 0.1) is 0 Å². The number of ether oxygens (including phenoxy) is 2. The lowest BCUT2D eigenvalue weighted by Crippen LogP contribution is -2.39. The lowest BCUT2D eigenvalue weighted by molar-refractivity contribution is -0.134. The molecule has 1 saturated heterocycles. The van der Waals surface area contributed by atoms with E-state index in [1.807, 2.05) is 0 Å². The second-order valence-electron chi connectivity index (χ2n) is 4.11. The Bertz CT molecular complexity index is 484. The summed E-state index contributed by atoms with van der Waals surface area (Å²) < 4.78 is 10.4. The van der Waals surface area contributed by atoms with Gasteiger partial charge < -0.3 is 9.47 Å². The maximum atomic E-state index is 11.8. The quantitative estimate of drug-likeness (QED) is 0.818. The van der Waals surface area contributed by atoms with Crippen molar-refractivity contribution in [2.24, 2.45) is 0 Å². The first-order valence-corrected chi connectivity index (χ1v) is 5.71. The highest BCUT2D eigenvalue weighted by molar-refractivity contribution is 6.01. The van der Waals surface area contributed by atoms with Crippen LogP contribution in [0.2, 0.25) is 0 Å². The van der Waals surface area contributed by atoms with Gasteiger partial charge in [-0.25, -0.2) is 0 Å². The third-order valence-corrected chi connectivity index (χ3v) is 3.05. The largest absolute Gasteiger partial charge is 0.497 e. The van der Waals surface area contributed by atoms with E-state index in [0.717, 1.165) is 5.56 Å². The number of hydrogen-bond acceptors (Lipinski definition) is 4. The minimum absolute atomic E-state index is 0.224. The predicted molar refractivity (Wildman–Crippen MR) is 64.7 cm³/mol. The van der Waals surface area contributed by atoms with Gasteiger partial charge in [-0.1, -0.05) is 0 Å². The van der Waals surface area contributed by atoms with Crippen LogP contribution in [0.15, 0.2) is 18.2 Å². The number of nitrogens with one attached hydrogen (secondary N) is 1. The average Bonchev–Trinajstić information content (AvgIpc) is 2.38. The van der Waals surface area contributed by atoms with Crippen LogP contribution in [0.1, 0.15) is 24.3 Å². The highest BCUT2D eigenvalue weighted by Gasteiger charge is 2.30. The van der Waals surface area contributed by atoms with E-state index in [0.29, 0.717) is 24.3 Å². The molecule has 0 aromatic heterocycles. The van der Waals surface area contributed by atoms with Crippen LogP contribution in [0.3, 0.4) is 0 Å². The van der Waals surface area contributed by atoms with Gasteiger partial charge in [0, 0.05) is 12.0 Å². The number of carbonyl (C=O) groups is 2. The van der Waals surface area contributed by atoms with E-state index in [1.54, 1.807) is 32.4 Å². The highest BCUT2D eigenvalue weighted by atomic mass is 16.5. The van der Waals surface area contributed by atoms with Gasteiger partial charge in [-0.3, -0.25) is 14.9 Å². The number of carbonyl (C=O) groups excluding carboxylic acids is 2. The second kappa shape index (κ2) is 5.08. The van der Waals surface area contributed by atoms with Crippen LogP contribution in [0.4, 0.5) is 0 Å². The highest BCUT2D eigenvalue weighted by Crippen LogP contribution is 2.34. The van der Waals surface area contributed by atoms with Gasteiger partial charge in [0.05, 0.1) is 20.1 Å². The van der Waals surface area contributed by atoms with Gasteiger partial charge in [0.1, 0.15) is 11.5 Å². The van der Waals surface area contributed by atoms with Crippen LogP contribution in [0.5, 0.6) is 11.5 Å². The van der Waals surface area contributed by atoms with Crippen molar-refractivity contribution in [3.8, 4) is 11.5 Å². The number of hydrogen-bond donors (Lipinski definition) is 1. The Morgan fingerprint density at radius 2 is 2.00 bits per heavy atom. The van der Waals surface area contributed by atoms with Crippen LogP contribution in [-0.4, -0.2) is 26.0 Å². The predicted octanol–water partition coefficient (Wildman–Crippen LogP) is 1.22. The van der Waals surface area contributed by atoms with Crippen molar-refractivity contribution in [1.29, 1.82) is 0 Å². The summed E-state index contributed by atoms with van der Waals surface area (Å²) in [5.74, 6) is 0.421. The van der Waals surface area contributed by atoms with Crippen LogP contribution in [0.25, 0.3) is 0 Å². The summed E-state index contributed by atoms with van der Waals surface area (Å²) in [5.41, 5.74) is 0.752. The van der Waals surface area contributed by atoms with Gasteiger partial charge in [0.15, 0.2) is 0 Å². The van der Waals surface area contributed by atoms with Crippen LogP contribution < -0.4 is 14.8 Å². The fraction of sp³-hybridized carbons (Fsp3) is 0.385. The third kappa shape index (κ3) is 2.30. The molecular weight excluding hydrogens is 234 g/mol. The van der Waals surface area contributed by atoms with Crippen LogP contribution >= 0.6 is 0 Å². The molecule has 0 radical (unpaired) electrons. The molecule has 0 spiro atoms. The van der Waals surface area contributed by atoms with E-state index < -0.39 is 0 Å². The van der Waals surface area contributed by atoms with Gasteiger partial charge in [0.25, 0.3) is 0 Å². The summed E-state index contributed by atoms with van der Waals surface area (Å²) in [7, 11) is 3.12. The van der Waals surface area contributed by atoms with Crippen molar-refractivity contribution in [2.45, 2.75) is 18.8 Å².